The molecule has 0 spiro atoms. The Balaban J connectivity index is 2.02. The first-order valence-electron chi connectivity index (χ1n) is 5.74. The molecule has 0 unspecified atom stereocenters. The number of fused-ring (bicyclic) bond motifs is 1. The molecule has 0 saturated carbocycles. The summed E-state index contributed by atoms with van der Waals surface area (Å²) in [4.78, 5) is 8.74. The zero-order valence-corrected chi connectivity index (χ0v) is 9.70. The Morgan fingerprint density at radius 1 is 1.29 bits per heavy atom. The van der Waals surface area contributed by atoms with Gasteiger partial charge in [0.1, 0.15) is 0 Å². The van der Waals surface area contributed by atoms with Crippen LogP contribution >= 0.6 is 0 Å². The lowest BCUT2D eigenvalue weighted by Crippen LogP contribution is -2.26. The van der Waals surface area contributed by atoms with Crippen LogP contribution in [0, 0.1) is 6.92 Å². The first-order chi connectivity index (χ1) is 8.34. The number of aryl methyl sites for hydroxylation is 1. The summed E-state index contributed by atoms with van der Waals surface area (Å²) in [7, 11) is 0. The summed E-state index contributed by atoms with van der Waals surface area (Å²) < 4.78 is 0. The Labute approximate surface area is 99.8 Å². The van der Waals surface area contributed by atoms with Crippen LogP contribution in [-0.2, 0) is 0 Å². The van der Waals surface area contributed by atoms with Crippen LogP contribution in [0.5, 0.6) is 0 Å². The maximum Gasteiger partial charge on any atom is 0.195 e. The highest BCUT2D eigenvalue weighted by Gasteiger charge is 2.08. The number of rotatable bonds is 1. The van der Waals surface area contributed by atoms with Gasteiger partial charge in [-0.15, -0.1) is 0 Å². The Hall–Kier alpha value is -2.10. The van der Waals surface area contributed by atoms with Crippen molar-refractivity contribution in [1.82, 2.24) is 10.3 Å². The van der Waals surface area contributed by atoms with Crippen molar-refractivity contribution < 1.29 is 0 Å². The molecular weight excluding hydrogens is 212 g/mol. The summed E-state index contributed by atoms with van der Waals surface area (Å²) in [6.07, 6.45) is 1.82. The predicted octanol–water partition coefficient (Wildman–Crippen LogP) is 1.91. The number of benzene rings is 1. The van der Waals surface area contributed by atoms with Crippen LogP contribution in [0.2, 0.25) is 0 Å². The fraction of sp³-hybridized carbons (Fsp3) is 0.231. The van der Waals surface area contributed by atoms with Gasteiger partial charge in [0, 0.05) is 23.8 Å². The molecule has 1 aromatic heterocycles. The van der Waals surface area contributed by atoms with Gasteiger partial charge in [-0.1, -0.05) is 12.1 Å². The molecular formula is C13H14N4. The smallest absolute Gasteiger partial charge is 0.195 e. The minimum absolute atomic E-state index is 0.840. The van der Waals surface area contributed by atoms with E-state index in [1.807, 2.05) is 12.3 Å². The number of anilines is 1. The van der Waals surface area contributed by atoms with Gasteiger partial charge in [-0.05, 0) is 24.6 Å². The van der Waals surface area contributed by atoms with Crippen molar-refractivity contribution in [1.29, 1.82) is 0 Å². The third-order valence-corrected chi connectivity index (χ3v) is 2.95. The van der Waals surface area contributed by atoms with Crippen molar-refractivity contribution in [3.63, 3.8) is 0 Å². The van der Waals surface area contributed by atoms with E-state index in [1.54, 1.807) is 0 Å². The van der Waals surface area contributed by atoms with Gasteiger partial charge in [-0.3, -0.25) is 9.98 Å². The average molecular weight is 226 g/mol. The van der Waals surface area contributed by atoms with Crippen molar-refractivity contribution in [2.24, 2.45) is 4.99 Å². The number of hydrogen-bond acceptors (Lipinski definition) is 4. The molecule has 2 heterocycles. The SMILES string of the molecule is Cc1c(NC2=NCCN2)ccc2cccnc12. The number of aliphatic imine (C=N–C) groups is 1. The predicted molar refractivity (Wildman–Crippen MR) is 70.4 cm³/mol. The number of guanidine groups is 1. The number of hydrogen-bond donors (Lipinski definition) is 2. The van der Waals surface area contributed by atoms with Crippen LogP contribution < -0.4 is 10.6 Å². The molecule has 0 fully saturated rings. The highest BCUT2D eigenvalue weighted by molar-refractivity contribution is 5.98. The van der Waals surface area contributed by atoms with Gasteiger partial charge in [-0.2, -0.15) is 0 Å². The molecule has 17 heavy (non-hydrogen) atoms. The molecule has 3 rings (SSSR count). The van der Waals surface area contributed by atoms with Crippen LogP contribution in [0.25, 0.3) is 10.9 Å². The molecule has 4 heteroatoms. The molecule has 2 aromatic rings. The summed E-state index contributed by atoms with van der Waals surface area (Å²) in [5.74, 6) is 0.850. The summed E-state index contributed by atoms with van der Waals surface area (Å²) in [5, 5.41) is 7.66. The summed E-state index contributed by atoms with van der Waals surface area (Å²) in [6, 6.07) is 8.18. The molecule has 0 amide bonds. The van der Waals surface area contributed by atoms with Gasteiger partial charge in [0.2, 0.25) is 0 Å². The zero-order chi connectivity index (χ0) is 11.7. The second-order valence-electron chi connectivity index (χ2n) is 4.10. The van der Waals surface area contributed by atoms with E-state index in [0.717, 1.165) is 41.2 Å². The van der Waals surface area contributed by atoms with Crippen LogP contribution in [0.15, 0.2) is 35.5 Å². The van der Waals surface area contributed by atoms with Gasteiger partial charge in [0.25, 0.3) is 0 Å². The lowest BCUT2D eigenvalue weighted by molar-refractivity contribution is 0.959. The van der Waals surface area contributed by atoms with E-state index in [1.165, 1.54) is 0 Å². The number of nitrogens with zero attached hydrogens (tertiary/aromatic N) is 2. The molecule has 0 radical (unpaired) electrons. The van der Waals surface area contributed by atoms with Crippen molar-refractivity contribution in [2.45, 2.75) is 6.92 Å². The van der Waals surface area contributed by atoms with Gasteiger partial charge in [0.05, 0.1) is 12.1 Å². The molecule has 1 aromatic carbocycles. The van der Waals surface area contributed by atoms with E-state index in [4.69, 9.17) is 0 Å². The molecule has 0 saturated heterocycles. The molecule has 1 aliphatic rings. The maximum atomic E-state index is 4.42. The van der Waals surface area contributed by atoms with Crippen molar-refractivity contribution in [3.8, 4) is 0 Å². The van der Waals surface area contributed by atoms with Gasteiger partial charge in [0.15, 0.2) is 5.96 Å². The molecule has 0 bridgehead atoms. The van der Waals surface area contributed by atoms with E-state index >= 15 is 0 Å². The Morgan fingerprint density at radius 2 is 2.24 bits per heavy atom. The monoisotopic (exact) mass is 226 g/mol. The molecule has 86 valence electrons. The fourth-order valence-corrected chi connectivity index (χ4v) is 2.04. The van der Waals surface area contributed by atoms with E-state index in [0.29, 0.717) is 0 Å². The normalized spacial score (nSPS) is 14.5. The molecule has 0 atom stereocenters. The van der Waals surface area contributed by atoms with Gasteiger partial charge < -0.3 is 10.6 Å². The lowest BCUT2D eigenvalue weighted by atomic mass is 10.1. The van der Waals surface area contributed by atoms with Crippen molar-refractivity contribution >= 4 is 22.5 Å². The standard InChI is InChI=1S/C13H14N4/c1-9-11(17-13-15-7-8-16-13)5-4-10-3-2-6-14-12(9)10/h2-6H,7-8H2,1H3,(H2,15,16,17). The topological polar surface area (TPSA) is 49.3 Å². The summed E-state index contributed by atoms with van der Waals surface area (Å²) >= 11 is 0. The first-order valence-corrected chi connectivity index (χ1v) is 5.74. The van der Waals surface area contributed by atoms with Crippen LogP contribution in [0.1, 0.15) is 5.56 Å². The van der Waals surface area contributed by atoms with Crippen LogP contribution in [0.3, 0.4) is 0 Å². The van der Waals surface area contributed by atoms with E-state index in [2.05, 4.69) is 45.7 Å². The van der Waals surface area contributed by atoms with Crippen LogP contribution in [0.4, 0.5) is 5.69 Å². The van der Waals surface area contributed by atoms with Crippen molar-refractivity contribution in [3.05, 3.63) is 36.0 Å². The number of aromatic nitrogens is 1. The fourth-order valence-electron chi connectivity index (χ4n) is 2.04. The summed E-state index contributed by atoms with van der Waals surface area (Å²) in [6.45, 7) is 3.83. The number of nitrogens with one attached hydrogen (secondary N) is 2. The third kappa shape index (κ3) is 1.82. The van der Waals surface area contributed by atoms with Gasteiger partial charge in [-0.25, -0.2) is 0 Å². The third-order valence-electron chi connectivity index (χ3n) is 2.95. The lowest BCUT2D eigenvalue weighted by Gasteiger charge is -2.11. The molecule has 1 aliphatic heterocycles. The summed E-state index contributed by atoms with van der Waals surface area (Å²) in [5.41, 5.74) is 3.25. The van der Waals surface area contributed by atoms with Crippen molar-refractivity contribution in [2.75, 3.05) is 18.4 Å². The minimum atomic E-state index is 0.840. The quantitative estimate of drug-likeness (QED) is 0.781. The average Bonchev–Trinajstić information content (AvgIpc) is 2.86. The Bertz CT molecular complexity index is 589. The zero-order valence-electron chi connectivity index (χ0n) is 9.70. The minimum Gasteiger partial charge on any atom is -0.354 e. The second-order valence-corrected chi connectivity index (χ2v) is 4.10. The largest absolute Gasteiger partial charge is 0.354 e. The highest BCUT2D eigenvalue weighted by Crippen LogP contribution is 2.23. The molecule has 2 N–H and O–H groups in total. The van der Waals surface area contributed by atoms with Crippen LogP contribution in [-0.4, -0.2) is 24.0 Å². The maximum absolute atomic E-state index is 4.42. The highest BCUT2D eigenvalue weighted by atomic mass is 15.2. The Kier molecular flexibility index (Phi) is 2.40. The van der Waals surface area contributed by atoms with E-state index in [9.17, 15) is 0 Å². The van der Waals surface area contributed by atoms with E-state index in [-0.39, 0.29) is 0 Å². The first kappa shape index (κ1) is 10.1. The van der Waals surface area contributed by atoms with Gasteiger partial charge >= 0.3 is 0 Å². The van der Waals surface area contributed by atoms with E-state index < -0.39 is 0 Å². The molecule has 4 nitrogen and oxygen atoms in total. The second kappa shape index (κ2) is 4.05. The Morgan fingerprint density at radius 3 is 3.06 bits per heavy atom. The molecule has 0 aliphatic carbocycles. The number of pyridine rings is 1.